The largest absolute Gasteiger partial charge is 0.121 e. The zero-order valence-electron chi connectivity index (χ0n) is 9.96. The van der Waals surface area contributed by atoms with Crippen LogP contribution in [0, 0.1) is 6.92 Å². The molecule has 0 saturated carbocycles. The summed E-state index contributed by atoms with van der Waals surface area (Å²) in [6.45, 7) is 8.28. The van der Waals surface area contributed by atoms with Crippen molar-refractivity contribution in [1.29, 1.82) is 0 Å². The maximum absolute atomic E-state index is 3.13. The standard InChI is InChI=1S/C13H12.C2H6/c1-10-6-3-4-8-12-9-5-7-11(2)13(10)12;1-2/h4-9H,1-2H3;1-2H3. The monoisotopic (exact) mass is 198 g/mol. The first kappa shape index (κ1) is 11.6. The van der Waals surface area contributed by atoms with Gasteiger partial charge in [-0.3, -0.25) is 0 Å². The van der Waals surface area contributed by atoms with Gasteiger partial charge in [0.1, 0.15) is 0 Å². The van der Waals surface area contributed by atoms with Crippen LogP contribution in [0.2, 0.25) is 0 Å². The highest BCUT2D eigenvalue weighted by Crippen LogP contribution is 1.95. The van der Waals surface area contributed by atoms with Crippen molar-refractivity contribution in [3.8, 4) is 0 Å². The van der Waals surface area contributed by atoms with Crippen LogP contribution in [0.25, 0.3) is 11.6 Å². The molecule has 1 aliphatic rings. The van der Waals surface area contributed by atoms with Gasteiger partial charge in [0.15, 0.2) is 0 Å². The molecule has 1 aromatic carbocycles. The lowest BCUT2D eigenvalue weighted by Gasteiger charge is -1.97. The molecule has 0 atom stereocenters. The molecule has 0 nitrogen and oxygen atoms in total. The van der Waals surface area contributed by atoms with Crippen LogP contribution < -0.4 is 10.4 Å². The molecule has 2 rings (SSSR count). The maximum Gasteiger partial charge on any atom is -0.0119 e. The van der Waals surface area contributed by atoms with Crippen molar-refractivity contribution in [2.75, 3.05) is 0 Å². The van der Waals surface area contributed by atoms with Crippen LogP contribution in [0.5, 0.6) is 0 Å². The maximum atomic E-state index is 3.13. The third-order valence-corrected chi connectivity index (χ3v) is 2.36. The molecule has 1 aliphatic carbocycles. The number of hydrogen-bond acceptors (Lipinski definition) is 0. The summed E-state index contributed by atoms with van der Waals surface area (Å²) in [6, 6.07) is 6.38. The predicted octanol–water partition coefficient (Wildman–Crippen LogP) is 2.70. The summed E-state index contributed by atoms with van der Waals surface area (Å²) in [6.07, 6.45) is 6.11. The summed E-state index contributed by atoms with van der Waals surface area (Å²) in [5.41, 5.74) is 5.75. The van der Waals surface area contributed by atoms with Gasteiger partial charge in [-0.2, -0.15) is 0 Å². The normalized spacial score (nSPS) is 12.1. The summed E-state index contributed by atoms with van der Waals surface area (Å²) >= 11 is 0. The van der Waals surface area contributed by atoms with Gasteiger partial charge in [0, 0.05) is 0 Å². The summed E-state index contributed by atoms with van der Waals surface area (Å²) in [5, 5.41) is 2.64. The highest BCUT2D eigenvalue weighted by molar-refractivity contribution is 5.59. The van der Waals surface area contributed by atoms with E-state index in [0.29, 0.717) is 0 Å². The lowest BCUT2D eigenvalue weighted by atomic mass is 10.1. The van der Waals surface area contributed by atoms with E-state index in [2.05, 4.69) is 43.9 Å². The third kappa shape index (κ3) is 2.49. The number of fused-ring (bicyclic) bond motifs is 1. The molecular formula is C15H18. The van der Waals surface area contributed by atoms with E-state index in [-0.39, 0.29) is 0 Å². The highest BCUT2D eigenvalue weighted by atomic mass is 14.0. The minimum Gasteiger partial charge on any atom is -0.121 e. The Bertz CT molecular complexity index is 509. The van der Waals surface area contributed by atoms with Gasteiger partial charge in [-0.25, -0.2) is 0 Å². The minimum absolute atomic E-state index is 1.29. The number of rotatable bonds is 0. The van der Waals surface area contributed by atoms with E-state index in [4.69, 9.17) is 0 Å². The molecule has 0 spiro atoms. The average molecular weight is 198 g/mol. The van der Waals surface area contributed by atoms with Crippen molar-refractivity contribution in [3.05, 3.63) is 52.1 Å². The zero-order chi connectivity index (χ0) is 11.3. The van der Waals surface area contributed by atoms with Crippen LogP contribution in [-0.4, -0.2) is 0 Å². The van der Waals surface area contributed by atoms with E-state index in [1.807, 2.05) is 26.0 Å². The van der Waals surface area contributed by atoms with Crippen molar-refractivity contribution in [2.45, 2.75) is 27.7 Å². The molecule has 0 bridgehead atoms. The van der Waals surface area contributed by atoms with Gasteiger partial charge in [0.05, 0.1) is 0 Å². The molecule has 0 heteroatoms. The van der Waals surface area contributed by atoms with E-state index in [1.54, 1.807) is 0 Å². The molecular weight excluding hydrogens is 180 g/mol. The van der Waals surface area contributed by atoms with E-state index in [1.165, 1.54) is 21.6 Å². The number of hydrogen-bond donors (Lipinski definition) is 0. The second-order valence-corrected chi connectivity index (χ2v) is 3.37. The summed E-state index contributed by atoms with van der Waals surface area (Å²) in [5.74, 6) is 0. The van der Waals surface area contributed by atoms with Crippen molar-refractivity contribution < 1.29 is 0 Å². The Labute approximate surface area is 92.0 Å². The molecule has 0 unspecified atom stereocenters. The Hall–Kier alpha value is -1.52. The van der Waals surface area contributed by atoms with Crippen LogP contribution in [0.3, 0.4) is 0 Å². The lowest BCUT2D eigenvalue weighted by Crippen LogP contribution is -2.28. The van der Waals surface area contributed by atoms with Gasteiger partial charge in [-0.1, -0.05) is 32.0 Å². The van der Waals surface area contributed by atoms with Crippen LogP contribution in [-0.2, 0) is 0 Å². The van der Waals surface area contributed by atoms with E-state index in [9.17, 15) is 0 Å². The topological polar surface area (TPSA) is 0 Å². The number of aryl methyl sites for hydroxylation is 1. The van der Waals surface area contributed by atoms with Gasteiger partial charge in [-0.05, 0) is 53.6 Å². The van der Waals surface area contributed by atoms with Crippen molar-refractivity contribution in [3.63, 3.8) is 0 Å². The molecule has 0 fully saturated rings. The average Bonchev–Trinajstić information content (AvgIpc) is 2.45. The van der Waals surface area contributed by atoms with Gasteiger partial charge in [0.25, 0.3) is 0 Å². The first-order valence-electron chi connectivity index (χ1n) is 5.48. The second-order valence-electron chi connectivity index (χ2n) is 3.37. The summed E-state index contributed by atoms with van der Waals surface area (Å²) < 4.78 is 0. The molecule has 0 amide bonds. The van der Waals surface area contributed by atoms with Gasteiger partial charge in [-0.15, -0.1) is 5.73 Å². The first-order valence-corrected chi connectivity index (χ1v) is 5.48. The second kappa shape index (κ2) is 5.38. The molecule has 0 saturated heterocycles. The molecule has 0 aromatic heterocycles. The quantitative estimate of drug-likeness (QED) is 0.562. The Morgan fingerprint density at radius 2 is 1.80 bits per heavy atom. The molecule has 0 N–H and O–H groups in total. The van der Waals surface area contributed by atoms with Crippen molar-refractivity contribution in [1.82, 2.24) is 0 Å². The van der Waals surface area contributed by atoms with Gasteiger partial charge >= 0.3 is 0 Å². The Morgan fingerprint density at radius 1 is 1.07 bits per heavy atom. The molecule has 0 aliphatic heterocycles. The molecule has 78 valence electrons. The predicted molar refractivity (Wildman–Crippen MR) is 68.0 cm³/mol. The fourth-order valence-electron chi connectivity index (χ4n) is 1.75. The summed E-state index contributed by atoms with van der Waals surface area (Å²) in [7, 11) is 0. The Balaban J connectivity index is 0.000000531. The zero-order valence-corrected chi connectivity index (χ0v) is 9.96. The van der Waals surface area contributed by atoms with E-state index >= 15 is 0 Å². The Morgan fingerprint density at radius 3 is 2.53 bits per heavy atom. The number of allylic oxidation sites excluding steroid dienone is 1. The molecule has 0 radical (unpaired) electrons. The Kier molecular flexibility index (Phi) is 4.15. The van der Waals surface area contributed by atoms with Gasteiger partial charge in [0.2, 0.25) is 0 Å². The fraction of sp³-hybridized carbons (Fsp3) is 0.267. The minimum atomic E-state index is 1.29. The van der Waals surface area contributed by atoms with Crippen LogP contribution >= 0.6 is 0 Å². The van der Waals surface area contributed by atoms with E-state index < -0.39 is 0 Å². The lowest BCUT2D eigenvalue weighted by molar-refractivity contribution is 1.35. The van der Waals surface area contributed by atoms with Crippen molar-refractivity contribution >= 4 is 11.6 Å². The SMILES string of the molecule is CC.CC1=c2c(C)cccc2=CC=C=C1. The van der Waals surface area contributed by atoms with Crippen LogP contribution in [0.4, 0.5) is 0 Å². The smallest absolute Gasteiger partial charge is 0.0119 e. The van der Waals surface area contributed by atoms with Gasteiger partial charge < -0.3 is 0 Å². The first-order chi connectivity index (χ1) is 7.29. The molecule has 1 aromatic rings. The van der Waals surface area contributed by atoms with Crippen LogP contribution in [0.15, 0.2) is 36.1 Å². The van der Waals surface area contributed by atoms with Crippen LogP contribution in [0.1, 0.15) is 26.3 Å². The molecule has 0 heterocycles. The highest BCUT2D eigenvalue weighted by Gasteiger charge is 1.94. The fourth-order valence-corrected chi connectivity index (χ4v) is 1.75. The third-order valence-electron chi connectivity index (χ3n) is 2.36. The number of benzene rings is 1. The summed E-state index contributed by atoms with van der Waals surface area (Å²) in [4.78, 5) is 0. The molecule has 15 heavy (non-hydrogen) atoms. The van der Waals surface area contributed by atoms with Crippen molar-refractivity contribution in [2.24, 2.45) is 0 Å². The van der Waals surface area contributed by atoms with E-state index in [0.717, 1.165) is 0 Å².